The van der Waals surface area contributed by atoms with Gasteiger partial charge in [0, 0.05) is 0 Å². The van der Waals surface area contributed by atoms with Crippen molar-refractivity contribution < 1.29 is 36.1 Å². The fourth-order valence-corrected chi connectivity index (χ4v) is 1.13. The summed E-state index contributed by atoms with van der Waals surface area (Å²) in [5.41, 5.74) is 14.6. The van der Waals surface area contributed by atoms with Crippen LogP contribution in [0.5, 0.6) is 0 Å². The van der Waals surface area contributed by atoms with Crippen molar-refractivity contribution in [2.24, 2.45) is 0 Å². The second-order valence-electron chi connectivity index (χ2n) is 2.84. The largest absolute Gasteiger partial charge is 2.00 e. The van der Waals surface area contributed by atoms with Gasteiger partial charge in [0.15, 0.2) is 0 Å². The van der Waals surface area contributed by atoms with E-state index in [1.165, 1.54) is 12.8 Å². The van der Waals surface area contributed by atoms with Crippen molar-refractivity contribution >= 4 is 7.32 Å². The summed E-state index contributed by atoms with van der Waals surface area (Å²) in [6.07, 6.45) is 4.25. The third kappa shape index (κ3) is 10.5. The molecule has 1 aliphatic carbocycles. The second-order valence-corrected chi connectivity index (χ2v) is 2.84. The number of hydrogen-bond donors (Lipinski definition) is 3. The third-order valence-corrected chi connectivity index (χ3v) is 1.77. The molecule has 2 atom stereocenters. The van der Waals surface area contributed by atoms with E-state index in [0.717, 1.165) is 12.8 Å². The molecule has 0 spiro atoms. The summed E-state index contributed by atoms with van der Waals surface area (Å²) in [5.74, 6) is 0. The van der Waals surface area contributed by atoms with Crippen molar-refractivity contribution in [3.8, 4) is 0 Å². The maximum atomic E-state index is 7.29. The Balaban J connectivity index is 0. The SMILES string of the molecule is OB(O)O.[NH-]C1CCCCC1[NH-].[Pt+2]. The first-order valence-electron chi connectivity index (χ1n) is 4.00. The smallest absolute Gasteiger partial charge is 0.676 e. The van der Waals surface area contributed by atoms with Crippen LogP contribution in [0.2, 0.25) is 0 Å². The second kappa shape index (κ2) is 9.12. The first kappa shape index (κ1) is 16.0. The summed E-state index contributed by atoms with van der Waals surface area (Å²) >= 11 is 0. The molecule has 1 fully saturated rings. The number of hydrogen-bond acceptors (Lipinski definition) is 3. The van der Waals surface area contributed by atoms with Gasteiger partial charge in [-0.3, -0.25) is 0 Å². The third-order valence-electron chi connectivity index (χ3n) is 1.77. The molecule has 0 aromatic rings. The monoisotopic (exact) mass is 369 g/mol. The molecular formula is C6H15BN2O3Pt. The average molecular weight is 369 g/mol. The Morgan fingerprint density at radius 1 is 0.923 bits per heavy atom. The van der Waals surface area contributed by atoms with Crippen molar-refractivity contribution in [2.75, 3.05) is 0 Å². The molecule has 0 bridgehead atoms. The fraction of sp³-hybridized carbons (Fsp3) is 1.00. The van der Waals surface area contributed by atoms with Crippen molar-refractivity contribution in [1.82, 2.24) is 0 Å². The molecule has 0 radical (unpaired) electrons. The summed E-state index contributed by atoms with van der Waals surface area (Å²) < 4.78 is 0. The Morgan fingerprint density at radius 2 is 1.15 bits per heavy atom. The molecule has 1 saturated carbocycles. The van der Waals surface area contributed by atoms with Gasteiger partial charge in [0.1, 0.15) is 0 Å². The quantitative estimate of drug-likeness (QED) is 0.536. The predicted molar refractivity (Wildman–Crippen MR) is 47.1 cm³/mol. The molecular weight excluding hydrogens is 354 g/mol. The molecule has 1 aliphatic rings. The molecule has 0 heterocycles. The van der Waals surface area contributed by atoms with Crippen LogP contribution in [0.4, 0.5) is 0 Å². The van der Waals surface area contributed by atoms with Gasteiger partial charge in [0.25, 0.3) is 0 Å². The normalized spacial score (nSPS) is 26.5. The molecule has 7 heteroatoms. The number of nitrogens with one attached hydrogen (secondary N) is 2. The van der Waals surface area contributed by atoms with Gasteiger partial charge < -0.3 is 26.5 Å². The standard InChI is InChI=1S/C6H12N2.BH3O3.Pt/c7-5-3-1-2-4-6(5)8;2-1(3)4;/h5-8H,1-4H2;2-4H;/q-2;;+2. The van der Waals surface area contributed by atoms with Crippen LogP contribution in [0.25, 0.3) is 11.5 Å². The topological polar surface area (TPSA) is 108 Å². The van der Waals surface area contributed by atoms with Gasteiger partial charge in [0.05, 0.1) is 0 Å². The molecule has 0 aromatic heterocycles. The van der Waals surface area contributed by atoms with E-state index in [0.29, 0.717) is 0 Å². The van der Waals surface area contributed by atoms with Crippen molar-refractivity contribution in [1.29, 1.82) is 0 Å². The van der Waals surface area contributed by atoms with Crippen LogP contribution in [0, 0.1) is 0 Å². The molecule has 5 nitrogen and oxygen atoms in total. The number of rotatable bonds is 0. The van der Waals surface area contributed by atoms with Crippen molar-refractivity contribution in [3.05, 3.63) is 11.5 Å². The van der Waals surface area contributed by atoms with E-state index in [2.05, 4.69) is 0 Å². The maximum absolute atomic E-state index is 7.29. The summed E-state index contributed by atoms with van der Waals surface area (Å²) in [6.45, 7) is 0. The van der Waals surface area contributed by atoms with Gasteiger partial charge in [-0.05, 0) is 0 Å². The zero-order valence-corrected chi connectivity index (χ0v) is 9.49. The van der Waals surface area contributed by atoms with E-state index in [9.17, 15) is 0 Å². The first-order valence-corrected chi connectivity index (χ1v) is 4.00. The van der Waals surface area contributed by atoms with E-state index in [1.54, 1.807) is 0 Å². The Kier molecular flexibility index (Phi) is 11.2. The summed E-state index contributed by atoms with van der Waals surface area (Å²) in [4.78, 5) is 0. The maximum Gasteiger partial charge on any atom is 2.00 e. The van der Waals surface area contributed by atoms with Crippen LogP contribution >= 0.6 is 0 Å². The minimum absolute atomic E-state index is 0. The predicted octanol–water partition coefficient (Wildman–Crippen LogP) is 0.348. The summed E-state index contributed by atoms with van der Waals surface area (Å²) in [7, 11) is -2.17. The zero-order valence-electron chi connectivity index (χ0n) is 7.22. The van der Waals surface area contributed by atoms with Gasteiger partial charge in [-0.15, -0.1) is 0 Å². The van der Waals surface area contributed by atoms with Gasteiger partial charge >= 0.3 is 28.4 Å². The van der Waals surface area contributed by atoms with Gasteiger partial charge in [-0.2, -0.15) is 12.1 Å². The van der Waals surface area contributed by atoms with Crippen LogP contribution in [-0.2, 0) is 21.1 Å². The summed E-state index contributed by atoms with van der Waals surface area (Å²) in [5, 5.41) is 21.5. The van der Waals surface area contributed by atoms with Crippen LogP contribution in [-0.4, -0.2) is 34.5 Å². The molecule has 80 valence electrons. The Hall–Kier alpha value is 0.553. The molecule has 0 aromatic carbocycles. The van der Waals surface area contributed by atoms with Crippen molar-refractivity contribution in [3.63, 3.8) is 0 Å². The van der Waals surface area contributed by atoms with Gasteiger partial charge in [0.2, 0.25) is 0 Å². The summed E-state index contributed by atoms with van der Waals surface area (Å²) in [6, 6.07) is -0.160. The van der Waals surface area contributed by atoms with E-state index in [1.807, 2.05) is 0 Å². The molecule has 0 aliphatic heterocycles. The average Bonchev–Trinajstić information content (AvgIpc) is 1.94. The van der Waals surface area contributed by atoms with Crippen LogP contribution in [0.3, 0.4) is 0 Å². The van der Waals surface area contributed by atoms with E-state index in [-0.39, 0.29) is 33.1 Å². The molecule has 1 rings (SSSR count). The first-order chi connectivity index (χ1) is 5.54. The zero-order chi connectivity index (χ0) is 9.56. The van der Waals surface area contributed by atoms with Crippen LogP contribution < -0.4 is 0 Å². The molecule has 0 saturated heterocycles. The van der Waals surface area contributed by atoms with E-state index >= 15 is 0 Å². The molecule has 2 unspecified atom stereocenters. The Morgan fingerprint density at radius 3 is 1.31 bits per heavy atom. The van der Waals surface area contributed by atoms with Gasteiger partial charge in [-0.1, -0.05) is 25.7 Å². The molecule has 0 amide bonds. The Bertz CT molecular complexity index is 107. The minimum Gasteiger partial charge on any atom is -0.676 e. The van der Waals surface area contributed by atoms with Crippen LogP contribution in [0.1, 0.15) is 25.7 Å². The molecule has 13 heavy (non-hydrogen) atoms. The van der Waals surface area contributed by atoms with Crippen molar-refractivity contribution in [2.45, 2.75) is 37.8 Å². The van der Waals surface area contributed by atoms with Gasteiger partial charge in [-0.25, -0.2) is 0 Å². The fourth-order valence-electron chi connectivity index (χ4n) is 1.13. The van der Waals surface area contributed by atoms with E-state index < -0.39 is 7.32 Å². The minimum atomic E-state index is -2.17. The molecule has 5 N–H and O–H groups in total. The van der Waals surface area contributed by atoms with Crippen LogP contribution in [0.15, 0.2) is 0 Å². The van der Waals surface area contributed by atoms with E-state index in [4.69, 9.17) is 26.5 Å². The Labute approximate surface area is 92.9 Å².